The number of anilines is 1. The lowest BCUT2D eigenvalue weighted by Crippen LogP contribution is -2.14. The summed E-state index contributed by atoms with van der Waals surface area (Å²) in [6, 6.07) is 14.6. The number of hydrogen-bond acceptors (Lipinski definition) is 3. The molecule has 19 heavy (non-hydrogen) atoms. The van der Waals surface area contributed by atoms with Crippen molar-refractivity contribution >= 4 is 28.7 Å². The zero-order chi connectivity index (χ0) is 12.8. The van der Waals surface area contributed by atoms with Gasteiger partial charge < -0.3 is 9.32 Å². The molecule has 0 radical (unpaired) electrons. The minimum absolute atomic E-state index is 0.661. The second kappa shape index (κ2) is 4.00. The van der Waals surface area contributed by atoms with Gasteiger partial charge in [0.05, 0.1) is 0 Å². The van der Waals surface area contributed by atoms with Gasteiger partial charge in [-0.05, 0) is 29.3 Å². The fraction of sp³-hybridized carbons (Fsp3) is 0.133. The summed E-state index contributed by atoms with van der Waals surface area (Å²) in [5, 5.41) is 0.678. The summed E-state index contributed by atoms with van der Waals surface area (Å²) in [5.74, 6) is 0. The van der Waals surface area contributed by atoms with Crippen LogP contribution in [0, 0.1) is 0 Å². The van der Waals surface area contributed by atoms with Crippen molar-refractivity contribution in [3.63, 3.8) is 0 Å². The van der Waals surface area contributed by atoms with Crippen molar-refractivity contribution in [1.29, 1.82) is 0 Å². The molecule has 0 unspecified atom stereocenters. The predicted octanol–water partition coefficient (Wildman–Crippen LogP) is 4.00. The van der Waals surface area contributed by atoms with Gasteiger partial charge in [-0.15, -0.1) is 0 Å². The van der Waals surface area contributed by atoms with Gasteiger partial charge in [-0.3, -0.25) is 0 Å². The molecular formula is C15H11ClN2O. The second-order valence-corrected chi connectivity index (χ2v) is 5.17. The lowest BCUT2D eigenvalue weighted by molar-refractivity contribution is 0.573. The van der Waals surface area contributed by atoms with Gasteiger partial charge in [-0.1, -0.05) is 35.9 Å². The summed E-state index contributed by atoms with van der Waals surface area (Å²) >= 11 is 5.97. The zero-order valence-corrected chi connectivity index (χ0v) is 10.9. The summed E-state index contributed by atoms with van der Waals surface area (Å²) in [7, 11) is 0. The molecule has 2 aromatic carbocycles. The first-order chi connectivity index (χ1) is 9.29. The van der Waals surface area contributed by atoms with Crippen molar-refractivity contribution in [2.24, 2.45) is 0 Å². The molecule has 3 nitrogen and oxygen atoms in total. The molecule has 0 amide bonds. The SMILES string of the molecule is Clc1ccc2oc(N3Cc4ccccc4C3)nc2c1. The van der Waals surface area contributed by atoms with Crippen LogP contribution in [0.1, 0.15) is 11.1 Å². The normalized spacial score (nSPS) is 14.1. The predicted molar refractivity (Wildman–Crippen MR) is 75.3 cm³/mol. The quantitative estimate of drug-likeness (QED) is 0.669. The molecule has 2 heterocycles. The molecule has 4 heteroatoms. The van der Waals surface area contributed by atoms with E-state index >= 15 is 0 Å². The van der Waals surface area contributed by atoms with Crippen LogP contribution in [-0.4, -0.2) is 4.98 Å². The third kappa shape index (κ3) is 1.78. The third-order valence-electron chi connectivity index (χ3n) is 3.45. The van der Waals surface area contributed by atoms with Gasteiger partial charge in [-0.2, -0.15) is 4.98 Å². The minimum Gasteiger partial charge on any atom is -0.423 e. The molecule has 94 valence electrons. The summed E-state index contributed by atoms with van der Waals surface area (Å²) in [6.45, 7) is 1.69. The highest BCUT2D eigenvalue weighted by Gasteiger charge is 2.22. The maximum atomic E-state index is 5.97. The molecule has 0 aliphatic carbocycles. The summed E-state index contributed by atoms with van der Waals surface area (Å²) < 4.78 is 5.79. The first-order valence-electron chi connectivity index (χ1n) is 6.17. The number of oxazole rings is 1. The molecule has 0 fully saturated rings. The van der Waals surface area contributed by atoms with Crippen LogP contribution in [0.5, 0.6) is 0 Å². The number of aromatic nitrogens is 1. The third-order valence-corrected chi connectivity index (χ3v) is 3.68. The first kappa shape index (κ1) is 10.9. The molecule has 1 aliphatic rings. The number of fused-ring (bicyclic) bond motifs is 2. The van der Waals surface area contributed by atoms with E-state index in [1.807, 2.05) is 18.2 Å². The number of hydrogen-bond donors (Lipinski definition) is 0. The van der Waals surface area contributed by atoms with Crippen LogP contribution >= 0.6 is 11.6 Å². The van der Waals surface area contributed by atoms with Crippen molar-refractivity contribution in [1.82, 2.24) is 4.98 Å². The highest BCUT2D eigenvalue weighted by Crippen LogP contribution is 2.30. The van der Waals surface area contributed by atoms with Crippen LogP contribution in [0.2, 0.25) is 5.02 Å². The van der Waals surface area contributed by atoms with E-state index in [2.05, 4.69) is 34.1 Å². The topological polar surface area (TPSA) is 29.3 Å². The number of nitrogens with zero attached hydrogens (tertiary/aromatic N) is 2. The summed E-state index contributed by atoms with van der Waals surface area (Å²) in [5.41, 5.74) is 4.25. The van der Waals surface area contributed by atoms with E-state index < -0.39 is 0 Å². The highest BCUT2D eigenvalue weighted by molar-refractivity contribution is 6.31. The van der Waals surface area contributed by atoms with Crippen LogP contribution < -0.4 is 4.90 Å². The smallest absolute Gasteiger partial charge is 0.298 e. The summed E-state index contributed by atoms with van der Waals surface area (Å²) in [6.07, 6.45) is 0. The molecule has 0 bridgehead atoms. The number of benzene rings is 2. The Morgan fingerprint density at radius 1 is 1.05 bits per heavy atom. The zero-order valence-electron chi connectivity index (χ0n) is 10.1. The molecule has 1 aliphatic heterocycles. The van der Waals surface area contributed by atoms with Gasteiger partial charge in [0.2, 0.25) is 0 Å². The molecule has 0 saturated carbocycles. The Bertz CT molecular complexity index is 741. The van der Waals surface area contributed by atoms with Crippen molar-refractivity contribution in [2.75, 3.05) is 4.90 Å². The highest BCUT2D eigenvalue weighted by atomic mass is 35.5. The molecule has 0 N–H and O–H groups in total. The maximum Gasteiger partial charge on any atom is 0.298 e. The van der Waals surface area contributed by atoms with Gasteiger partial charge in [0, 0.05) is 18.1 Å². The maximum absolute atomic E-state index is 5.97. The monoisotopic (exact) mass is 270 g/mol. The van der Waals surface area contributed by atoms with Crippen molar-refractivity contribution in [2.45, 2.75) is 13.1 Å². The number of halogens is 1. The van der Waals surface area contributed by atoms with Crippen LogP contribution in [0.15, 0.2) is 46.9 Å². The molecule has 0 saturated heterocycles. The largest absolute Gasteiger partial charge is 0.423 e. The molecule has 1 aromatic heterocycles. The van der Waals surface area contributed by atoms with Crippen molar-refractivity contribution in [3.05, 3.63) is 58.6 Å². The Morgan fingerprint density at radius 2 is 1.79 bits per heavy atom. The van der Waals surface area contributed by atoms with E-state index in [0.29, 0.717) is 11.0 Å². The fourth-order valence-corrected chi connectivity index (χ4v) is 2.66. The fourth-order valence-electron chi connectivity index (χ4n) is 2.49. The van der Waals surface area contributed by atoms with E-state index in [1.165, 1.54) is 11.1 Å². The molecule has 0 spiro atoms. The Kier molecular flexibility index (Phi) is 2.29. The van der Waals surface area contributed by atoms with Gasteiger partial charge in [-0.25, -0.2) is 0 Å². The van der Waals surface area contributed by atoms with Crippen molar-refractivity contribution < 1.29 is 4.42 Å². The van der Waals surface area contributed by atoms with E-state index in [1.54, 1.807) is 0 Å². The van der Waals surface area contributed by atoms with Crippen LogP contribution in [0.25, 0.3) is 11.1 Å². The van der Waals surface area contributed by atoms with Gasteiger partial charge >= 0.3 is 0 Å². The first-order valence-corrected chi connectivity index (χ1v) is 6.55. The minimum atomic E-state index is 0.661. The molecule has 3 aromatic rings. The Hall–Kier alpha value is -2.00. The summed E-state index contributed by atoms with van der Waals surface area (Å²) in [4.78, 5) is 6.65. The van der Waals surface area contributed by atoms with Gasteiger partial charge in [0.15, 0.2) is 5.58 Å². The van der Waals surface area contributed by atoms with Crippen LogP contribution in [0.3, 0.4) is 0 Å². The van der Waals surface area contributed by atoms with Gasteiger partial charge in [0.25, 0.3) is 6.01 Å². The lowest BCUT2D eigenvalue weighted by Gasteiger charge is -2.10. The molecule has 4 rings (SSSR count). The van der Waals surface area contributed by atoms with E-state index in [4.69, 9.17) is 16.0 Å². The Balaban J connectivity index is 1.73. The van der Waals surface area contributed by atoms with E-state index in [9.17, 15) is 0 Å². The Labute approximate surface area is 115 Å². The standard InChI is InChI=1S/C15H11ClN2O/c16-12-5-6-14-13(7-12)17-15(19-14)18-8-10-3-1-2-4-11(10)9-18/h1-7H,8-9H2. The van der Waals surface area contributed by atoms with Gasteiger partial charge in [0.1, 0.15) is 5.52 Å². The Morgan fingerprint density at radius 3 is 2.53 bits per heavy atom. The second-order valence-electron chi connectivity index (χ2n) is 4.73. The van der Waals surface area contributed by atoms with E-state index in [-0.39, 0.29) is 0 Å². The number of rotatable bonds is 1. The van der Waals surface area contributed by atoms with E-state index in [0.717, 1.165) is 24.2 Å². The average molecular weight is 271 g/mol. The average Bonchev–Trinajstić information content (AvgIpc) is 3.00. The molecular weight excluding hydrogens is 260 g/mol. The van der Waals surface area contributed by atoms with Crippen LogP contribution in [0.4, 0.5) is 6.01 Å². The van der Waals surface area contributed by atoms with Crippen molar-refractivity contribution in [3.8, 4) is 0 Å². The lowest BCUT2D eigenvalue weighted by atomic mass is 10.1. The molecule has 0 atom stereocenters. The van der Waals surface area contributed by atoms with Crippen LogP contribution in [-0.2, 0) is 13.1 Å².